The number of thiophene rings is 1. The van der Waals surface area contributed by atoms with Crippen LogP contribution in [0, 0.1) is 6.92 Å². The van der Waals surface area contributed by atoms with Crippen molar-refractivity contribution in [2.24, 2.45) is 0 Å². The number of hydrogen-bond donors (Lipinski definition) is 2. The maximum absolute atomic E-state index is 12.0. The molecular formula is C8H9N3O3S3. The van der Waals surface area contributed by atoms with Crippen LogP contribution in [0.5, 0.6) is 0 Å². The van der Waals surface area contributed by atoms with Gasteiger partial charge in [0.1, 0.15) is 9.90 Å². The van der Waals surface area contributed by atoms with Crippen molar-refractivity contribution in [2.75, 3.05) is 4.72 Å². The molecule has 0 unspecified atom stereocenters. The third-order valence-electron chi connectivity index (χ3n) is 1.89. The van der Waals surface area contributed by atoms with Gasteiger partial charge in [0.25, 0.3) is 10.0 Å². The molecule has 9 heteroatoms. The van der Waals surface area contributed by atoms with Gasteiger partial charge in [0.15, 0.2) is 0 Å². The molecule has 0 saturated carbocycles. The van der Waals surface area contributed by atoms with E-state index in [1.807, 2.05) is 0 Å². The molecule has 2 heterocycles. The summed E-state index contributed by atoms with van der Waals surface area (Å²) >= 11 is 2.34. The molecule has 0 aliphatic rings. The highest BCUT2D eigenvalue weighted by atomic mass is 32.2. The quantitative estimate of drug-likeness (QED) is 0.883. The van der Waals surface area contributed by atoms with Crippen molar-refractivity contribution in [3.8, 4) is 0 Å². The van der Waals surface area contributed by atoms with Crippen LogP contribution in [0.1, 0.15) is 9.88 Å². The smallest absolute Gasteiger partial charge is 0.264 e. The summed E-state index contributed by atoms with van der Waals surface area (Å²) in [5.41, 5.74) is 0. The average Bonchev–Trinajstić information content (AvgIpc) is 2.86. The van der Waals surface area contributed by atoms with Crippen LogP contribution in [-0.2, 0) is 16.6 Å². The Morgan fingerprint density at radius 3 is 2.82 bits per heavy atom. The van der Waals surface area contributed by atoms with Crippen molar-refractivity contribution in [3.63, 3.8) is 0 Å². The second-order valence-electron chi connectivity index (χ2n) is 3.10. The van der Waals surface area contributed by atoms with Crippen LogP contribution in [0.4, 0.5) is 5.13 Å². The van der Waals surface area contributed by atoms with Crippen molar-refractivity contribution in [1.29, 1.82) is 0 Å². The van der Waals surface area contributed by atoms with Crippen LogP contribution in [-0.4, -0.2) is 23.7 Å². The zero-order valence-electron chi connectivity index (χ0n) is 8.74. The number of aliphatic hydroxyl groups is 1. The highest BCUT2D eigenvalue weighted by molar-refractivity contribution is 7.93. The average molecular weight is 291 g/mol. The summed E-state index contributed by atoms with van der Waals surface area (Å²) in [5.74, 6) is 0. The monoisotopic (exact) mass is 291 g/mol. The minimum absolute atomic E-state index is 0.0813. The van der Waals surface area contributed by atoms with E-state index in [4.69, 9.17) is 5.11 Å². The molecule has 0 atom stereocenters. The molecule has 92 valence electrons. The van der Waals surface area contributed by atoms with E-state index in [-0.39, 0.29) is 16.6 Å². The van der Waals surface area contributed by atoms with Gasteiger partial charge in [0.05, 0.1) is 11.5 Å². The number of aromatic nitrogens is 2. The summed E-state index contributed by atoms with van der Waals surface area (Å²) in [4.78, 5) is 0.483. The lowest BCUT2D eigenvalue weighted by molar-refractivity contribution is 0.282. The Balaban J connectivity index is 2.31. The van der Waals surface area contributed by atoms with Crippen LogP contribution >= 0.6 is 22.7 Å². The molecule has 2 aromatic rings. The molecule has 17 heavy (non-hydrogen) atoms. The lowest BCUT2D eigenvalue weighted by atomic mass is 10.5. The van der Waals surface area contributed by atoms with Gasteiger partial charge in [0, 0.05) is 0 Å². The number of nitrogens with one attached hydrogen (secondary N) is 1. The van der Waals surface area contributed by atoms with Gasteiger partial charge in [-0.25, -0.2) is 8.42 Å². The fourth-order valence-electron chi connectivity index (χ4n) is 1.19. The van der Waals surface area contributed by atoms with Gasteiger partial charge >= 0.3 is 0 Å². The number of aliphatic hydroxyl groups excluding tert-OH is 1. The molecule has 0 aromatic carbocycles. The first-order valence-electron chi connectivity index (χ1n) is 4.53. The number of hydrogen-bond acceptors (Lipinski definition) is 7. The molecule has 2 N–H and O–H groups in total. The summed E-state index contributed by atoms with van der Waals surface area (Å²) in [5, 5.41) is 19.0. The number of nitrogens with zero attached hydrogens (tertiary/aromatic N) is 2. The summed E-state index contributed by atoms with van der Waals surface area (Å²) in [7, 11) is -3.69. The van der Waals surface area contributed by atoms with Crippen molar-refractivity contribution < 1.29 is 13.5 Å². The van der Waals surface area contributed by atoms with Crippen molar-refractivity contribution in [1.82, 2.24) is 10.2 Å². The van der Waals surface area contributed by atoms with E-state index in [1.54, 1.807) is 12.3 Å². The minimum Gasteiger partial charge on any atom is -0.391 e. The normalized spacial score (nSPS) is 11.6. The maximum Gasteiger partial charge on any atom is 0.264 e. The molecule has 0 saturated heterocycles. The molecule has 0 fully saturated rings. The Morgan fingerprint density at radius 2 is 2.24 bits per heavy atom. The lowest BCUT2D eigenvalue weighted by Crippen LogP contribution is -2.13. The Hall–Kier alpha value is -1.03. The van der Waals surface area contributed by atoms with E-state index in [0.717, 1.165) is 11.3 Å². The maximum atomic E-state index is 12.0. The molecule has 0 amide bonds. The summed E-state index contributed by atoms with van der Waals surface area (Å²) in [6.45, 7) is 1.43. The van der Waals surface area contributed by atoms with Gasteiger partial charge in [-0.15, -0.1) is 21.5 Å². The predicted molar refractivity (Wildman–Crippen MR) is 65.7 cm³/mol. The van der Waals surface area contributed by atoms with E-state index in [1.165, 1.54) is 17.4 Å². The summed E-state index contributed by atoms with van der Waals surface area (Å²) in [6.07, 6.45) is 0. The van der Waals surface area contributed by atoms with Crippen molar-refractivity contribution >= 4 is 37.8 Å². The zero-order chi connectivity index (χ0) is 12.5. The fraction of sp³-hybridized carbons (Fsp3) is 0.250. The van der Waals surface area contributed by atoms with Crippen LogP contribution in [0.25, 0.3) is 0 Å². The first kappa shape index (κ1) is 12.4. The standard InChI is InChI=1S/C8H9N3O3S3/c1-5-9-10-8(16-5)11-17(13,14)7-2-3-15-6(7)4-12/h2-3,12H,4H2,1H3,(H,10,11). The largest absolute Gasteiger partial charge is 0.391 e. The summed E-state index contributed by atoms with van der Waals surface area (Å²) in [6, 6.07) is 1.45. The molecule has 0 bridgehead atoms. The van der Waals surface area contributed by atoms with Gasteiger partial charge in [-0.3, -0.25) is 4.72 Å². The predicted octanol–water partition coefficient (Wildman–Crippen LogP) is 1.20. The Labute approximate surface area is 106 Å². The van der Waals surface area contributed by atoms with Crippen LogP contribution in [0.3, 0.4) is 0 Å². The number of rotatable bonds is 4. The SMILES string of the molecule is Cc1nnc(NS(=O)(=O)c2ccsc2CO)s1. The Kier molecular flexibility index (Phi) is 3.43. The molecule has 0 spiro atoms. The molecule has 2 rings (SSSR count). The molecule has 0 aliphatic heterocycles. The van der Waals surface area contributed by atoms with Crippen molar-refractivity contribution in [2.45, 2.75) is 18.4 Å². The molecular weight excluding hydrogens is 282 g/mol. The molecule has 2 aromatic heterocycles. The second kappa shape index (κ2) is 4.69. The number of anilines is 1. The van der Waals surface area contributed by atoms with E-state index < -0.39 is 10.0 Å². The first-order valence-corrected chi connectivity index (χ1v) is 7.71. The third-order valence-corrected chi connectivity index (χ3v) is 5.23. The van der Waals surface area contributed by atoms with E-state index in [2.05, 4.69) is 14.9 Å². The van der Waals surface area contributed by atoms with Crippen molar-refractivity contribution in [3.05, 3.63) is 21.3 Å². The van der Waals surface area contributed by atoms with E-state index in [9.17, 15) is 8.42 Å². The highest BCUT2D eigenvalue weighted by Crippen LogP contribution is 2.25. The lowest BCUT2D eigenvalue weighted by Gasteiger charge is -2.03. The summed E-state index contributed by atoms with van der Waals surface area (Å²) < 4.78 is 26.3. The van der Waals surface area contributed by atoms with E-state index in [0.29, 0.717) is 9.88 Å². The molecule has 0 radical (unpaired) electrons. The van der Waals surface area contributed by atoms with Crippen LogP contribution < -0.4 is 4.72 Å². The van der Waals surface area contributed by atoms with Gasteiger partial charge in [-0.1, -0.05) is 11.3 Å². The van der Waals surface area contributed by atoms with Gasteiger partial charge in [-0.2, -0.15) is 0 Å². The second-order valence-corrected chi connectivity index (χ2v) is 6.93. The molecule has 0 aliphatic carbocycles. The van der Waals surface area contributed by atoms with E-state index >= 15 is 0 Å². The zero-order valence-corrected chi connectivity index (χ0v) is 11.2. The van der Waals surface area contributed by atoms with Gasteiger partial charge in [-0.05, 0) is 18.4 Å². The first-order chi connectivity index (χ1) is 8.03. The molecule has 6 nitrogen and oxygen atoms in total. The number of sulfonamides is 1. The fourth-order valence-corrected chi connectivity index (χ4v) is 4.31. The highest BCUT2D eigenvalue weighted by Gasteiger charge is 2.20. The minimum atomic E-state index is -3.69. The Bertz CT molecular complexity index is 617. The topological polar surface area (TPSA) is 92.2 Å². The van der Waals surface area contributed by atoms with Crippen LogP contribution in [0.2, 0.25) is 0 Å². The number of aryl methyl sites for hydroxylation is 1. The van der Waals surface area contributed by atoms with Gasteiger partial charge in [0.2, 0.25) is 5.13 Å². The Morgan fingerprint density at radius 1 is 1.47 bits per heavy atom. The third kappa shape index (κ3) is 2.63. The van der Waals surface area contributed by atoms with Gasteiger partial charge < -0.3 is 5.11 Å². The van der Waals surface area contributed by atoms with Crippen LogP contribution in [0.15, 0.2) is 16.3 Å².